The van der Waals surface area contributed by atoms with Gasteiger partial charge in [-0.2, -0.15) is 0 Å². The highest BCUT2D eigenvalue weighted by Crippen LogP contribution is 2.26. The third-order valence-electron chi connectivity index (χ3n) is 4.35. The fourth-order valence-electron chi connectivity index (χ4n) is 2.92. The molecule has 1 amide bonds. The number of rotatable bonds is 3. The molecule has 2 heterocycles. The first-order valence-electron chi connectivity index (χ1n) is 8.65. The van der Waals surface area contributed by atoms with Gasteiger partial charge in [0.25, 0.3) is 5.91 Å². The van der Waals surface area contributed by atoms with E-state index in [4.69, 9.17) is 4.98 Å². The quantitative estimate of drug-likeness (QED) is 0.816. The molecule has 0 N–H and O–H groups in total. The van der Waals surface area contributed by atoms with Crippen LogP contribution in [0.4, 0.5) is 8.78 Å². The van der Waals surface area contributed by atoms with Gasteiger partial charge in [-0.05, 0) is 12.1 Å². The highest BCUT2D eigenvalue weighted by molar-refractivity contribution is 7.09. The summed E-state index contributed by atoms with van der Waals surface area (Å²) in [7, 11) is 0. The van der Waals surface area contributed by atoms with Crippen molar-refractivity contribution in [1.29, 1.82) is 0 Å². The van der Waals surface area contributed by atoms with Gasteiger partial charge in [0.15, 0.2) is 0 Å². The SMILES string of the molecule is CC(C)(C)c1nc(CN2CCN(C(=O)c3cc(F)cc(F)c3)CC2)cs1. The summed E-state index contributed by atoms with van der Waals surface area (Å²) >= 11 is 1.68. The number of carbonyl (C=O) groups excluding carboxylic acids is 1. The summed E-state index contributed by atoms with van der Waals surface area (Å²) in [6.45, 7) is 9.70. The molecule has 0 bridgehead atoms. The molecule has 1 aliphatic heterocycles. The monoisotopic (exact) mass is 379 g/mol. The highest BCUT2D eigenvalue weighted by atomic mass is 32.1. The number of thiazole rings is 1. The molecule has 0 saturated carbocycles. The van der Waals surface area contributed by atoms with E-state index in [2.05, 4.69) is 31.1 Å². The van der Waals surface area contributed by atoms with Crippen LogP contribution in [0.25, 0.3) is 0 Å². The Morgan fingerprint density at radius 1 is 1.12 bits per heavy atom. The summed E-state index contributed by atoms with van der Waals surface area (Å²) in [5.41, 5.74) is 1.16. The van der Waals surface area contributed by atoms with Crippen molar-refractivity contribution in [3.63, 3.8) is 0 Å². The smallest absolute Gasteiger partial charge is 0.254 e. The van der Waals surface area contributed by atoms with E-state index in [-0.39, 0.29) is 16.9 Å². The molecule has 4 nitrogen and oxygen atoms in total. The Bertz CT molecular complexity index is 772. The normalized spacial score (nSPS) is 16.1. The van der Waals surface area contributed by atoms with Gasteiger partial charge in [-0.3, -0.25) is 9.69 Å². The molecule has 0 unspecified atom stereocenters. The van der Waals surface area contributed by atoms with Crippen molar-refractivity contribution < 1.29 is 13.6 Å². The van der Waals surface area contributed by atoms with Gasteiger partial charge in [0.05, 0.1) is 10.7 Å². The molecule has 26 heavy (non-hydrogen) atoms. The number of carbonyl (C=O) groups is 1. The van der Waals surface area contributed by atoms with Gasteiger partial charge in [-0.1, -0.05) is 20.8 Å². The number of aromatic nitrogens is 1. The highest BCUT2D eigenvalue weighted by Gasteiger charge is 2.24. The average Bonchev–Trinajstić information content (AvgIpc) is 3.03. The molecule has 7 heteroatoms. The van der Waals surface area contributed by atoms with E-state index in [9.17, 15) is 13.6 Å². The van der Waals surface area contributed by atoms with Crippen LogP contribution in [0.15, 0.2) is 23.6 Å². The number of amides is 1. The van der Waals surface area contributed by atoms with Crippen molar-refractivity contribution in [1.82, 2.24) is 14.8 Å². The minimum atomic E-state index is -0.731. The molecule has 0 aliphatic carbocycles. The zero-order valence-electron chi connectivity index (χ0n) is 15.3. The van der Waals surface area contributed by atoms with Crippen molar-refractivity contribution in [3.05, 3.63) is 51.5 Å². The maximum Gasteiger partial charge on any atom is 0.254 e. The standard InChI is InChI=1S/C19H23F2N3OS/c1-19(2,3)18-22-16(12-26-18)11-23-4-6-24(7-5-23)17(25)13-8-14(20)10-15(21)9-13/h8-10,12H,4-7,11H2,1-3H3. The van der Waals surface area contributed by atoms with E-state index >= 15 is 0 Å². The van der Waals surface area contributed by atoms with Crippen molar-refractivity contribution in [3.8, 4) is 0 Å². The van der Waals surface area contributed by atoms with Gasteiger partial charge in [-0.15, -0.1) is 11.3 Å². The lowest BCUT2D eigenvalue weighted by Gasteiger charge is -2.34. The van der Waals surface area contributed by atoms with E-state index in [1.807, 2.05) is 0 Å². The number of nitrogens with zero attached hydrogens (tertiary/aromatic N) is 3. The molecule has 2 aromatic rings. The maximum atomic E-state index is 13.3. The molecule has 1 saturated heterocycles. The van der Waals surface area contributed by atoms with Gasteiger partial charge >= 0.3 is 0 Å². The minimum Gasteiger partial charge on any atom is -0.336 e. The molecular weight excluding hydrogens is 356 g/mol. The molecule has 3 rings (SSSR count). The summed E-state index contributed by atoms with van der Waals surface area (Å²) < 4.78 is 26.6. The van der Waals surface area contributed by atoms with Crippen LogP contribution in [-0.2, 0) is 12.0 Å². The fraction of sp³-hybridized carbons (Fsp3) is 0.474. The first kappa shape index (κ1) is 18.9. The lowest BCUT2D eigenvalue weighted by molar-refractivity contribution is 0.0626. The van der Waals surface area contributed by atoms with Gasteiger partial charge in [0, 0.05) is 55.1 Å². The number of hydrogen-bond acceptors (Lipinski definition) is 4. The third kappa shape index (κ3) is 4.45. The van der Waals surface area contributed by atoms with Crippen molar-refractivity contribution in [2.24, 2.45) is 0 Å². The maximum absolute atomic E-state index is 13.3. The second-order valence-electron chi connectivity index (χ2n) is 7.62. The number of halogens is 2. The number of hydrogen-bond donors (Lipinski definition) is 0. The van der Waals surface area contributed by atoms with E-state index in [0.29, 0.717) is 26.2 Å². The van der Waals surface area contributed by atoms with Gasteiger partial charge in [0.2, 0.25) is 0 Å². The molecule has 1 fully saturated rings. The van der Waals surface area contributed by atoms with Crippen LogP contribution in [0.5, 0.6) is 0 Å². The summed E-state index contributed by atoms with van der Waals surface area (Å²) in [4.78, 5) is 21.0. The molecule has 1 aromatic carbocycles. The van der Waals surface area contributed by atoms with Crippen LogP contribution >= 0.6 is 11.3 Å². The van der Waals surface area contributed by atoms with Gasteiger partial charge in [0.1, 0.15) is 11.6 Å². The van der Waals surface area contributed by atoms with E-state index in [0.717, 1.165) is 35.4 Å². The molecule has 1 aromatic heterocycles. The predicted molar refractivity (Wildman–Crippen MR) is 98.4 cm³/mol. The largest absolute Gasteiger partial charge is 0.336 e. The van der Waals surface area contributed by atoms with Gasteiger partial charge in [-0.25, -0.2) is 13.8 Å². The molecular formula is C19H23F2N3OS. The fourth-order valence-corrected chi connectivity index (χ4v) is 3.82. The zero-order valence-corrected chi connectivity index (χ0v) is 16.1. The van der Waals surface area contributed by atoms with Crippen molar-refractivity contribution in [2.75, 3.05) is 26.2 Å². The summed E-state index contributed by atoms with van der Waals surface area (Å²) in [6, 6.07) is 2.94. The zero-order chi connectivity index (χ0) is 18.9. The van der Waals surface area contributed by atoms with E-state index in [1.54, 1.807) is 16.2 Å². The molecule has 140 valence electrons. The summed E-state index contributed by atoms with van der Waals surface area (Å²) in [6.07, 6.45) is 0. The van der Waals surface area contributed by atoms with E-state index < -0.39 is 11.6 Å². The lowest BCUT2D eigenvalue weighted by Crippen LogP contribution is -2.48. The number of piperazine rings is 1. The predicted octanol–water partition coefficient (Wildman–Crippen LogP) is 3.68. The second-order valence-corrected chi connectivity index (χ2v) is 8.48. The minimum absolute atomic E-state index is 0.0499. The van der Waals surface area contributed by atoms with Crippen molar-refractivity contribution in [2.45, 2.75) is 32.7 Å². The molecule has 0 radical (unpaired) electrons. The van der Waals surface area contributed by atoms with Crippen LogP contribution in [0.2, 0.25) is 0 Å². The van der Waals surface area contributed by atoms with Crippen LogP contribution in [0.3, 0.4) is 0 Å². The Labute approximate surface area is 156 Å². The number of benzene rings is 1. The summed E-state index contributed by atoms with van der Waals surface area (Å²) in [5.74, 6) is -1.79. The average molecular weight is 379 g/mol. The van der Waals surface area contributed by atoms with E-state index in [1.165, 1.54) is 0 Å². The lowest BCUT2D eigenvalue weighted by atomic mass is 9.98. The topological polar surface area (TPSA) is 36.4 Å². The van der Waals surface area contributed by atoms with Crippen molar-refractivity contribution >= 4 is 17.2 Å². The Balaban J connectivity index is 1.57. The van der Waals surface area contributed by atoms with Gasteiger partial charge < -0.3 is 4.90 Å². The summed E-state index contributed by atoms with van der Waals surface area (Å²) in [5, 5.41) is 3.21. The third-order valence-corrected chi connectivity index (χ3v) is 5.66. The Kier molecular flexibility index (Phi) is 5.39. The Morgan fingerprint density at radius 2 is 1.73 bits per heavy atom. The first-order valence-corrected chi connectivity index (χ1v) is 9.53. The molecule has 0 spiro atoms. The van der Waals surface area contributed by atoms with Crippen LogP contribution < -0.4 is 0 Å². The van der Waals surface area contributed by atoms with Crippen LogP contribution in [-0.4, -0.2) is 46.9 Å². The Morgan fingerprint density at radius 3 is 2.27 bits per heavy atom. The second kappa shape index (κ2) is 7.40. The molecule has 0 atom stereocenters. The van der Waals surface area contributed by atoms with Crippen LogP contribution in [0.1, 0.15) is 41.8 Å². The molecule has 1 aliphatic rings. The first-order chi connectivity index (χ1) is 12.2. The Hall–Kier alpha value is -1.86. The van der Waals surface area contributed by atoms with Crippen LogP contribution in [0, 0.1) is 11.6 Å².